The topological polar surface area (TPSA) is 84.8 Å². The molecule has 0 radical (unpaired) electrons. The second kappa shape index (κ2) is 13.8. The molecule has 1 unspecified atom stereocenters. The third-order valence-electron chi connectivity index (χ3n) is 7.41. The van der Waals surface area contributed by atoms with Crippen LogP contribution in [0.2, 0.25) is 0 Å². The Balaban J connectivity index is 1.26. The lowest BCUT2D eigenvalue weighted by molar-refractivity contribution is -0.126. The minimum atomic E-state index is -0.566. The fourth-order valence-electron chi connectivity index (χ4n) is 4.78. The fraction of sp³-hybridized carbons (Fsp3) is 0.406. The summed E-state index contributed by atoms with van der Waals surface area (Å²) >= 11 is 0. The Morgan fingerprint density at radius 2 is 1.62 bits per heavy atom. The number of hydrogen-bond donors (Lipinski definition) is 0. The van der Waals surface area contributed by atoms with Gasteiger partial charge in [-0.05, 0) is 42.0 Å². The predicted octanol–water partition coefficient (Wildman–Crippen LogP) is 7.08. The number of rotatable bonds is 14. The lowest BCUT2D eigenvalue weighted by Crippen LogP contribution is -2.49. The van der Waals surface area contributed by atoms with Gasteiger partial charge in [-0.15, -0.1) is 4.91 Å². The van der Waals surface area contributed by atoms with E-state index in [1.165, 1.54) is 31.2 Å². The number of hydrogen-bond acceptors (Lipinski definition) is 6. The zero-order valence-corrected chi connectivity index (χ0v) is 23.0. The van der Waals surface area contributed by atoms with Crippen molar-refractivity contribution in [3.8, 4) is 28.3 Å². The molecule has 3 aromatic rings. The van der Waals surface area contributed by atoms with E-state index in [0.29, 0.717) is 18.9 Å². The number of aromatic nitrogens is 2. The lowest BCUT2D eigenvalue weighted by Gasteiger charge is -2.41. The van der Waals surface area contributed by atoms with Crippen LogP contribution < -0.4 is 4.74 Å². The summed E-state index contributed by atoms with van der Waals surface area (Å²) < 4.78 is 5.87. The molecule has 4 rings (SSSR count). The standard InChI is InChI=1S/C32H38N4O3/c1-4-5-6-7-8-17-39-30-15-13-26(14-16-30)28-19-33-31(34-20-28)27-11-9-25(10-12-27)18-23(2)24(3)36-21-29(22-36)32(37)35-38/h9-16,19-20,23,29H,3-8,17-18,21-22H2,1-2H3. The Morgan fingerprint density at radius 1 is 0.974 bits per heavy atom. The highest BCUT2D eigenvalue weighted by atomic mass is 16.5. The molecule has 0 saturated carbocycles. The molecule has 0 spiro atoms. The molecule has 204 valence electrons. The second-order valence-corrected chi connectivity index (χ2v) is 10.4. The van der Waals surface area contributed by atoms with Crippen molar-refractivity contribution in [2.75, 3.05) is 19.7 Å². The van der Waals surface area contributed by atoms with Gasteiger partial charge in [0.2, 0.25) is 0 Å². The maximum absolute atomic E-state index is 11.4. The van der Waals surface area contributed by atoms with Crippen LogP contribution in [0.5, 0.6) is 5.75 Å². The third kappa shape index (κ3) is 7.59. The number of ether oxygens (including phenoxy) is 1. The number of carbonyl (C=O) groups excluding carboxylic acids is 1. The van der Waals surface area contributed by atoms with Crippen LogP contribution in [-0.2, 0) is 11.2 Å². The number of carbonyl (C=O) groups is 1. The van der Waals surface area contributed by atoms with Crippen LogP contribution >= 0.6 is 0 Å². The van der Waals surface area contributed by atoms with Gasteiger partial charge in [-0.25, -0.2) is 9.97 Å². The zero-order chi connectivity index (χ0) is 27.6. The first-order chi connectivity index (χ1) is 19.0. The van der Waals surface area contributed by atoms with Crippen LogP contribution in [0, 0.1) is 16.7 Å². The molecule has 0 bridgehead atoms. The van der Waals surface area contributed by atoms with E-state index in [1.807, 2.05) is 48.8 Å². The first-order valence-electron chi connectivity index (χ1n) is 13.9. The van der Waals surface area contributed by atoms with Crippen LogP contribution in [0.4, 0.5) is 0 Å². The van der Waals surface area contributed by atoms with Crippen molar-refractivity contribution < 1.29 is 9.53 Å². The van der Waals surface area contributed by atoms with Gasteiger partial charge in [0.1, 0.15) is 5.75 Å². The molecule has 1 atom stereocenters. The second-order valence-electron chi connectivity index (χ2n) is 10.4. The van der Waals surface area contributed by atoms with Gasteiger partial charge in [0, 0.05) is 47.5 Å². The number of amides is 1. The minimum absolute atomic E-state index is 0.217. The van der Waals surface area contributed by atoms with E-state index in [9.17, 15) is 9.70 Å². The van der Waals surface area contributed by atoms with E-state index in [2.05, 4.69) is 52.6 Å². The van der Waals surface area contributed by atoms with E-state index in [0.717, 1.165) is 47.6 Å². The smallest absolute Gasteiger partial charge is 0.292 e. The van der Waals surface area contributed by atoms with Gasteiger partial charge in [0.05, 0.1) is 12.5 Å². The van der Waals surface area contributed by atoms with Gasteiger partial charge in [-0.2, -0.15) is 0 Å². The Bertz CT molecular complexity index is 1230. The van der Waals surface area contributed by atoms with Crippen LogP contribution in [0.25, 0.3) is 22.5 Å². The SMILES string of the molecule is C=C(C(C)Cc1ccc(-c2ncc(-c3ccc(OCCCCCCC)cc3)cn2)cc1)N1CC(C(=O)N=O)C1. The van der Waals surface area contributed by atoms with E-state index >= 15 is 0 Å². The summed E-state index contributed by atoms with van der Waals surface area (Å²) in [6.45, 7) is 10.4. The molecular weight excluding hydrogens is 488 g/mol. The molecule has 7 heteroatoms. The highest BCUT2D eigenvalue weighted by Crippen LogP contribution is 2.28. The summed E-state index contributed by atoms with van der Waals surface area (Å²) in [5.41, 5.74) is 5.16. The summed E-state index contributed by atoms with van der Waals surface area (Å²) in [4.78, 5) is 33.1. The predicted molar refractivity (Wildman–Crippen MR) is 155 cm³/mol. The number of nitroso groups, excluding NO2 is 1. The maximum Gasteiger partial charge on any atom is 0.292 e. The Kier molecular flexibility index (Phi) is 9.95. The number of likely N-dealkylation sites (tertiary alicyclic amines) is 1. The first kappa shape index (κ1) is 28.1. The normalized spacial score (nSPS) is 13.9. The maximum atomic E-state index is 11.4. The molecule has 1 aliphatic heterocycles. The Hall–Kier alpha value is -3.87. The van der Waals surface area contributed by atoms with E-state index in [-0.39, 0.29) is 11.8 Å². The molecule has 1 amide bonds. The largest absolute Gasteiger partial charge is 0.494 e. The van der Waals surface area contributed by atoms with Gasteiger partial charge in [0.15, 0.2) is 5.82 Å². The van der Waals surface area contributed by atoms with Crippen LogP contribution in [0.1, 0.15) is 51.5 Å². The lowest BCUT2D eigenvalue weighted by atomic mass is 9.92. The number of benzene rings is 2. The van der Waals surface area contributed by atoms with Crippen molar-refractivity contribution in [1.82, 2.24) is 14.9 Å². The molecule has 2 heterocycles. The third-order valence-corrected chi connectivity index (χ3v) is 7.41. The molecule has 7 nitrogen and oxygen atoms in total. The van der Waals surface area contributed by atoms with Crippen molar-refractivity contribution in [2.45, 2.75) is 52.4 Å². The molecule has 39 heavy (non-hydrogen) atoms. The summed E-state index contributed by atoms with van der Waals surface area (Å²) in [6, 6.07) is 16.4. The highest BCUT2D eigenvalue weighted by Gasteiger charge is 2.35. The van der Waals surface area contributed by atoms with Gasteiger partial charge < -0.3 is 9.64 Å². The van der Waals surface area contributed by atoms with Gasteiger partial charge in [-0.3, -0.25) is 4.79 Å². The minimum Gasteiger partial charge on any atom is -0.494 e. The molecule has 1 fully saturated rings. The summed E-state index contributed by atoms with van der Waals surface area (Å²) in [5.74, 6) is 0.938. The van der Waals surface area contributed by atoms with Gasteiger partial charge >= 0.3 is 0 Å². The molecule has 1 aromatic heterocycles. The summed E-state index contributed by atoms with van der Waals surface area (Å²) in [5, 5.41) is 2.53. The van der Waals surface area contributed by atoms with Gasteiger partial charge in [-0.1, -0.05) is 82.5 Å². The summed E-state index contributed by atoms with van der Waals surface area (Å²) in [7, 11) is 0. The average molecular weight is 527 g/mol. The summed E-state index contributed by atoms with van der Waals surface area (Å²) in [6.07, 6.45) is 10.7. The molecular formula is C32H38N4O3. The monoisotopic (exact) mass is 526 g/mol. The van der Waals surface area contributed by atoms with Crippen molar-refractivity contribution >= 4 is 5.91 Å². The quantitative estimate of drug-likeness (QED) is 0.165. The first-order valence-corrected chi connectivity index (χ1v) is 13.9. The van der Waals surface area contributed by atoms with Crippen molar-refractivity contribution in [1.29, 1.82) is 0 Å². The molecule has 0 aliphatic carbocycles. The Morgan fingerprint density at radius 3 is 2.26 bits per heavy atom. The van der Waals surface area contributed by atoms with Crippen molar-refractivity contribution in [2.24, 2.45) is 17.0 Å². The molecule has 2 aromatic carbocycles. The molecule has 1 saturated heterocycles. The Labute approximate surface area is 231 Å². The highest BCUT2D eigenvalue weighted by molar-refractivity contribution is 5.80. The number of unbranched alkanes of at least 4 members (excludes halogenated alkanes) is 4. The zero-order valence-electron chi connectivity index (χ0n) is 23.0. The van der Waals surface area contributed by atoms with E-state index < -0.39 is 5.91 Å². The van der Waals surface area contributed by atoms with Crippen LogP contribution in [0.3, 0.4) is 0 Å². The van der Waals surface area contributed by atoms with Crippen molar-refractivity contribution in [3.63, 3.8) is 0 Å². The van der Waals surface area contributed by atoms with E-state index in [4.69, 9.17) is 4.74 Å². The van der Waals surface area contributed by atoms with Crippen LogP contribution in [-0.4, -0.2) is 40.5 Å². The molecule has 0 N–H and O–H groups in total. The van der Waals surface area contributed by atoms with Gasteiger partial charge in [0.25, 0.3) is 5.91 Å². The van der Waals surface area contributed by atoms with E-state index in [1.54, 1.807) is 0 Å². The number of nitrogens with zero attached hydrogens (tertiary/aromatic N) is 4. The fourth-order valence-corrected chi connectivity index (χ4v) is 4.78. The average Bonchev–Trinajstić information content (AvgIpc) is 2.94. The van der Waals surface area contributed by atoms with Crippen LogP contribution in [0.15, 0.2) is 78.4 Å². The molecule has 1 aliphatic rings. The number of allylic oxidation sites excluding steroid dienone is 1. The van der Waals surface area contributed by atoms with Crippen molar-refractivity contribution in [3.05, 3.63) is 83.7 Å².